The summed E-state index contributed by atoms with van der Waals surface area (Å²) in [7, 11) is 1.61. The first-order valence-corrected chi connectivity index (χ1v) is 6.33. The van der Waals surface area contributed by atoms with Crippen LogP contribution in [0.5, 0.6) is 17.2 Å². The molecule has 2 aromatic carbocycles. The van der Waals surface area contributed by atoms with Gasteiger partial charge < -0.3 is 14.9 Å². The Labute approximate surface area is 112 Å². The predicted molar refractivity (Wildman–Crippen MR) is 73.9 cm³/mol. The summed E-state index contributed by atoms with van der Waals surface area (Å²) in [5.41, 5.74) is 5.29. The zero-order valence-electron chi connectivity index (χ0n) is 11.0. The highest BCUT2D eigenvalue weighted by Crippen LogP contribution is 2.45. The molecule has 0 fully saturated rings. The summed E-state index contributed by atoms with van der Waals surface area (Å²) in [5, 5.41) is 19.5. The fraction of sp³-hybridized carbons (Fsp3) is 0.250. The quantitative estimate of drug-likeness (QED) is 0.824. The highest BCUT2D eigenvalue weighted by molar-refractivity contribution is 5.81. The molecule has 3 rings (SSSR count). The zero-order valence-corrected chi connectivity index (χ0v) is 11.0. The standard InChI is InChI=1S/C16H16O3/c1-9-12-5-3-10-7-11(17)4-6-13(10)16(12)15(19-2)8-14(9)18/h4,6-8,17-18H,3,5H2,1-2H3. The van der Waals surface area contributed by atoms with E-state index in [1.54, 1.807) is 25.3 Å². The van der Waals surface area contributed by atoms with Crippen LogP contribution in [0.15, 0.2) is 24.3 Å². The van der Waals surface area contributed by atoms with Gasteiger partial charge in [-0.3, -0.25) is 0 Å². The molecule has 2 N–H and O–H groups in total. The average Bonchev–Trinajstić information content (AvgIpc) is 2.41. The maximum Gasteiger partial charge on any atom is 0.130 e. The molecule has 0 amide bonds. The summed E-state index contributed by atoms with van der Waals surface area (Å²) in [6, 6.07) is 7.08. The van der Waals surface area contributed by atoms with Gasteiger partial charge in [0.25, 0.3) is 0 Å². The summed E-state index contributed by atoms with van der Waals surface area (Å²) in [5.74, 6) is 1.25. The second kappa shape index (κ2) is 4.19. The van der Waals surface area contributed by atoms with Gasteiger partial charge in [0.05, 0.1) is 7.11 Å². The van der Waals surface area contributed by atoms with Gasteiger partial charge in [0.1, 0.15) is 17.2 Å². The molecule has 1 aliphatic carbocycles. The van der Waals surface area contributed by atoms with Gasteiger partial charge >= 0.3 is 0 Å². The first kappa shape index (κ1) is 11.9. The van der Waals surface area contributed by atoms with Crippen molar-refractivity contribution in [3.05, 3.63) is 41.0 Å². The number of aromatic hydroxyl groups is 2. The summed E-state index contributed by atoms with van der Waals surface area (Å²) in [6.45, 7) is 1.93. The Morgan fingerprint density at radius 2 is 1.89 bits per heavy atom. The van der Waals surface area contributed by atoms with Crippen LogP contribution >= 0.6 is 0 Å². The Kier molecular flexibility index (Phi) is 2.63. The third-order valence-corrected chi connectivity index (χ3v) is 3.88. The molecule has 0 aromatic heterocycles. The Morgan fingerprint density at radius 1 is 1.11 bits per heavy atom. The van der Waals surface area contributed by atoms with Gasteiger partial charge in [0.2, 0.25) is 0 Å². The number of hydrogen-bond acceptors (Lipinski definition) is 3. The van der Waals surface area contributed by atoms with E-state index in [9.17, 15) is 10.2 Å². The molecule has 0 unspecified atom stereocenters. The summed E-state index contributed by atoms with van der Waals surface area (Å²) < 4.78 is 5.41. The van der Waals surface area contributed by atoms with E-state index in [-0.39, 0.29) is 11.5 Å². The van der Waals surface area contributed by atoms with E-state index in [0.717, 1.165) is 40.7 Å². The van der Waals surface area contributed by atoms with Crippen molar-refractivity contribution in [2.75, 3.05) is 7.11 Å². The van der Waals surface area contributed by atoms with Crippen molar-refractivity contribution in [2.24, 2.45) is 0 Å². The monoisotopic (exact) mass is 256 g/mol. The highest BCUT2D eigenvalue weighted by Gasteiger charge is 2.23. The molecule has 0 aliphatic heterocycles. The Bertz CT molecular complexity index is 660. The van der Waals surface area contributed by atoms with E-state index in [1.807, 2.05) is 13.0 Å². The smallest absolute Gasteiger partial charge is 0.130 e. The second-order valence-corrected chi connectivity index (χ2v) is 4.92. The lowest BCUT2D eigenvalue weighted by atomic mass is 9.82. The number of methoxy groups -OCH3 is 1. The fourth-order valence-electron chi connectivity index (χ4n) is 2.85. The number of hydrogen-bond donors (Lipinski definition) is 2. The molecule has 0 radical (unpaired) electrons. The molecule has 0 heterocycles. The first-order chi connectivity index (χ1) is 9.11. The number of aryl methyl sites for hydroxylation is 1. The van der Waals surface area contributed by atoms with Crippen LogP contribution < -0.4 is 4.74 Å². The number of ether oxygens (including phenoxy) is 1. The second-order valence-electron chi connectivity index (χ2n) is 4.92. The molecule has 0 spiro atoms. The maximum atomic E-state index is 9.96. The van der Waals surface area contributed by atoms with E-state index in [1.165, 1.54) is 0 Å². The van der Waals surface area contributed by atoms with Crippen molar-refractivity contribution in [3.63, 3.8) is 0 Å². The van der Waals surface area contributed by atoms with Crippen molar-refractivity contribution < 1.29 is 14.9 Å². The van der Waals surface area contributed by atoms with Crippen LogP contribution in [-0.4, -0.2) is 17.3 Å². The SMILES string of the molecule is COc1cc(O)c(C)c2c1-c1ccc(O)cc1CC2. The number of benzene rings is 2. The molecule has 0 saturated heterocycles. The number of phenols is 2. The molecule has 0 bridgehead atoms. The molecule has 3 nitrogen and oxygen atoms in total. The highest BCUT2D eigenvalue weighted by atomic mass is 16.5. The minimum absolute atomic E-state index is 0.276. The molecule has 2 aromatic rings. The van der Waals surface area contributed by atoms with Crippen LogP contribution in [0.2, 0.25) is 0 Å². The topological polar surface area (TPSA) is 49.7 Å². The van der Waals surface area contributed by atoms with Crippen LogP contribution in [-0.2, 0) is 12.8 Å². The third-order valence-electron chi connectivity index (χ3n) is 3.88. The Morgan fingerprint density at radius 3 is 2.63 bits per heavy atom. The van der Waals surface area contributed by atoms with E-state index in [0.29, 0.717) is 5.75 Å². The number of rotatable bonds is 1. The van der Waals surface area contributed by atoms with Crippen molar-refractivity contribution in [1.29, 1.82) is 0 Å². The van der Waals surface area contributed by atoms with Gasteiger partial charge in [-0.1, -0.05) is 6.07 Å². The predicted octanol–water partition coefficient (Wildman–Crippen LogP) is 3.18. The van der Waals surface area contributed by atoms with Gasteiger partial charge in [-0.15, -0.1) is 0 Å². The van der Waals surface area contributed by atoms with Crippen LogP contribution in [0, 0.1) is 6.92 Å². The Balaban J connectivity index is 2.33. The van der Waals surface area contributed by atoms with Crippen molar-refractivity contribution in [3.8, 4) is 28.4 Å². The zero-order chi connectivity index (χ0) is 13.6. The number of phenolic OH excluding ortho intramolecular Hbond substituents is 2. The summed E-state index contributed by atoms with van der Waals surface area (Å²) >= 11 is 0. The summed E-state index contributed by atoms with van der Waals surface area (Å²) in [4.78, 5) is 0. The minimum Gasteiger partial charge on any atom is -0.508 e. The van der Waals surface area contributed by atoms with Gasteiger partial charge in [-0.2, -0.15) is 0 Å². The minimum atomic E-state index is 0.276. The molecular weight excluding hydrogens is 240 g/mol. The van der Waals surface area contributed by atoms with E-state index >= 15 is 0 Å². The van der Waals surface area contributed by atoms with Gasteiger partial charge in [-0.25, -0.2) is 0 Å². The number of fused-ring (bicyclic) bond motifs is 3. The lowest BCUT2D eigenvalue weighted by Gasteiger charge is -2.24. The van der Waals surface area contributed by atoms with E-state index in [4.69, 9.17) is 4.74 Å². The summed E-state index contributed by atoms with van der Waals surface area (Å²) in [6.07, 6.45) is 1.71. The van der Waals surface area contributed by atoms with Gasteiger partial charge in [0.15, 0.2) is 0 Å². The van der Waals surface area contributed by atoms with Crippen LogP contribution in [0.1, 0.15) is 16.7 Å². The van der Waals surface area contributed by atoms with Gasteiger partial charge in [-0.05, 0) is 54.2 Å². The Hall–Kier alpha value is -2.16. The molecule has 0 atom stereocenters. The molecule has 3 heteroatoms. The lowest BCUT2D eigenvalue weighted by molar-refractivity contribution is 0.407. The largest absolute Gasteiger partial charge is 0.508 e. The van der Waals surface area contributed by atoms with E-state index < -0.39 is 0 Å². The fourth-order valence-corrected chi connectivity index (χ4v) is 2.85. The molecule has 0 saturated carbocycles. The van der Waals surface area contributed by atoms with Crippen molar-refractivity contribution in [1.82, 2.24) is 0 Å². The third kappa shape index (κ3) is 1.73. The lowest BCUT2D eigenvalue weighted by Crippen LogP contribution is -2.07. The maximum absolute atomic E-state index is 9.96. The van der Waals surface area contributed by atoms with Crippen LogP contribution in [0.4, 0.5) is 0 Å². The molecular formula is C16H16O3. The molecule has 19 heavy (non-hydrogen) atoms. The van der Waals surface area contributed by atoms with Crippen LogP contribution in [0.3, 0.4) is 0 Å². The normalized spacial score (nSPS) is 12.7. The van der Waals surface area contributed by atoms with Gasteiger partial charge in [0, 0.05) is 11.6 Å². The van der Waals surface area contributed by atoms with E-state index in [2.05, 4.69) is 0 Å². The molecule has 1 aliphatic rings. The first-order valence-electron chi connectivity index (χ1n) is 6.33. The average molecular weight is 256 g/mol. The van der Waals surface area contributed by atoms with Crippen molar-refractivity contribution >= 4 is 0 Å². The van der Waals surface area contributed by atoms with Crippen LogP contribution in [0.25, 0.3) is 11.1 Å². The van der Waals surface area contributed by atoms with Crippen molar-refractivity contribution in [2.45, 2.75) is 19.8 Å². The molecule has 98 valence electrons.